The number of benzene rings is 2. The van der Waals surface area contributed by atoms with Crippen LogP contribution in [0, 0.1) is 0 Å². The van der Waals surface area contributed by atoms with Gasteiger partial charge in [-0.05, 0) is 30.3 Å². The van der Waals surface area contributed by atoms with Crippen molar-refractivity contribution in [3.05, 3.63) is 78.0 Å². The second-order valence-electron chi connectivity index (χ2n) is 6.86. The topological polar surface area (TPSA) is 103 Å². The van der Waals surface area contributed by atoms with Crippen molar-refractivity contribution < 1.29 is 14.3 Å². The predicted octanol–water partition coefficient (Wildman–Crippen LogP) is 3.77. The molecule has 3 heterocycles. The number of carbonyl (C=O) groups excluding carboxylic acids is 1. The third kappa shape index (κ3) is 3.21. The zero-order valence-corrected chi connectivity index (χ0v) is 16.0. The van der Waals surface area contributed by atoms with Crippen molar-refractivity contribution in [1.82, 2.24) is 15.0 Å². The molecule has 0 bridgehead atoms. The molecule has 0 atom stereocenters. The Morgan fingerprint density at radius 2 is 1.90 bits per heavy atom. The van der Waals surface area contributed by atoms with E-state index in [1.54, 1.807) is 18.3 Å². The molecule has 1 aliphatic heterocycles. The Balaban J connectivity index is 1.68. The second kappa shape index (κ2) is 7.46. The van der Waals surface area contributed by atoms with Gasteiger partial charge in [0.2, 0.25) is 5.91 Å². The van der Waals surface area contributed by atoms with E-state index in [1.165, 1.54) is 0 Å². The van der Waals surface area contributed by atoms with Crippen LogP contribution < -0.4 is 10.5 Å². The molecule has 0 spiro atoms. The summed E-state index contributed by atoms with van der Waals surface area (Å²) in [4.78, 5) is 24.2. The molecule has 0 unspecified atom stereocenters. The van der Waals surface area contributed by atoms with Gasteiger partial charge in [0.25, 0.3) is 0 Å². The van der Waals surface area contributed by atoms with E-state index in [-0.39, 0.29) is 6.79 Å². The summed E-state index contributed by atoms with van der Waals surface area (Å²) < 4.78 is 11.1. The Bertz CT molecular complexity index is 1220. The standard InChI is InChI=1S/C23H18N4O3/c24-22(28)14-7-9-15(10-8-14)23-26-20(21(27-23)18-5-1-2-11-25-18)16-4-3-6-19-17(16)12-29-13-30-19/h1-11H,12-13H2,(H2,24,28)(H,26,27). The van der Waals surface area contributed by atoms with E-state index in [9.17, 15) is 4.79 Å². The van der Waals surface area contributed by atoms with Crippen LogP contribution in [0.2, 0.25) is 0 Å². The number of hydrogen-bond donors (Lipinski definition) is 2. The first-order valence-electron chi connectivity index (χ1n) is 9.45. The van der Waals surface area contributed by atoms with Gasteiger partial charge in [-0.25, -0.2) is 4.98 Å². The number of H-pyrrole nitrogens is 1. The number of ether oxygens (including phenoxy) is 2. The van der Waals surface area contributed by atoms with Crippen LogP contribution in [0.5, 0.6) is 5.75 Å². The average molecular weight is 398 g/mol. The number of pyridine rings is 1. The van der Waals surface area contributed by atoms with Crippen LogP contribution in [0.1, 0.15) is 15.9 Å². The first-order valence-corrected chi connectivity index (χ1v) is 9.45. The van der Waals surface area contributed by atoms with Crippen molar-refractivity contribution in [3.8, 4) is 39.8 Å². The van der Waals surface area contributed by atoms with Gasteiger partial charge in [-0.15, -0.1) is 0 Å². The van der Waals surface area contributed by atoms with Crippen molar-refractivity contribution in [2.45, 2.75) is 6.61 Å². The molecule has 3 N–H and O–H groups in total. The van der Waals surface area contributed by atoms with Gasteiger partial charge in [-0.2, -0.15) is 0 Å². The van der Waals surface area contributed by atoms with Crippen molar-refractivity contribution in [2.75, 3.05) is 6.79 Å². The lowest BCUT2D eigenvalue weighted by Crippen LogP contribution is -2.12. The summed E-state index contributed by atoms with van der Waals surface area (Å²) in [7, 11) is 0. The SMILES string of the molecule is NC(=O)c1ccc(-c2nc(-c3cccc4c3COCO4)c(-c3ccccn3)[nH]2)cc1. The lowest BCUT2D eigenvalue weighted by Gasteiger charge is -2.20. The highest BCUT2D eigenvalue weighted by Crippen LogP contribution is 2.38. The van der Waals surface area contributed by atoms with E-state index in [4.69, 9.17) is 20.2 Å². The molecule has 0 aliphatic carbocycles. The summed E-state index contributed by atoms with van der Waals surface area (Å²) in [5.41, 5.74) is 10.8. The minimum atomic E-state index is -0.466. The Labute approximate surface area is 172 Å². The number of aromatic nitrogens is 3. The minimum Gasteiger partial charge on any atom is -0.467 e. The number of carbonyl (C=O) groups is 1. The molecule has 7 nitrogen and oxygen atoms in total. The van der Waals surface area contributed by atoms with Gasteiger partial charge < -0.3 is 20.2 Å². The molecule has 5 rings (SSSR count). The fourth-order valence-corrected chi connectivity index (χ4v) is 3.51. The minimum absolute atomic E-state index is 0.238. The van der Waals surface area contributed by atoms with Gasteiger partial charge in [-0.3, -0.25) is 9.78 Å². The lowest BCUT2D eigenvalue weighted by atomic mass is 10.0. The molecule has 1 amide bonds. The third-order valence-electron chi connectivity index (χ3n) is 5.00. The van der Waals surface area contributed by atoms with Crippen molar-refractivity contribution >= 4 is 5.91 Å². The predicted molar refractivity (Wildman–Crippen MR) is 111 cm³/mol. The average Bonchev–Trinajstić information content (AvgIpc) is 3.24. The molecular formula is C23H18N4O3. The highest BCUT2D eigenvalue weighted by molar-refractivity contribution is 5.93. The lowest BCUT2D eigenvalue weighted by molar-refractivity contribution is -0.0160. The van der Waals surface area contributed by atoms with Gasteiger partial charge in [0.05, 0.1) is 23.7 Å². The Kier molecular flexibility index (Phi) is 4.49. The molecule has 148 valence electrons. The molecule has 1 aliphatic rings. The smallest absolute Gasteiger partial charge is 0.248 e. The van der Waals surface area contributed by atoms with E-state index in [2.05, 4.69) is 9.97 Å². The van der Waals surface area contributed by atoms with Gasteiger partial charge >= 0.3 is 0 Å². The first-order chi connectivity index (χ1) is 14.7. The number of primary amides is 1. The summed E-state index contributed by atoms with van der Waals surface area (Å²) in [5, 5.41) is 0. The molecule has 2 aromatic carbocycles. The molecule has 0 saturated carbocycles. The number of amides is 1. The van der Waals surface area contributed by atoms with Crippen LogP contribution >= 0.6 is 0 Å². The summed E-state index contributed by atoms with van der Waals surface area (Å²) in [6, 6.07) is 18.6. The second-order valence-corrected chi connectivity index (χ2v) is 6.86. The Morgan fingerprint density at radius 3 is 2.67 bits per heavy atom. The maximum absolute atomic E-state index is 11.4. The monoisotopic (exact) mass is 398 g/mol. The molecular weight excluding hydrogens is 380 g/mol. The van der Waals surface area contributed by atoms with E-state index < -0.39 is 5.91 Å². The number of fused-ring (bicyclic) bond motifs is 1. The van der Waals surface area contributed by atoms with Crippen molar-refractivity contribution in [1.29, 1.82) is 0 Å². The molecule has 0 saturated heterocycles. The summed E-state index contributed by atoms with van der Waals surface area (Å²) in [6.45, 7) is 0.685. The van der Waals surface area contributed by atoms with Gasteiger partial charge in [0.15, 0.2) is 6.79 Å². The zero-order valence-electron chi connectivity index (χ0n) is 16.0. The highest BCUT2D eigenvalue weighted by atomic mass is 16.7. The summed E-state index contributed by atoms with van der Waals surface area (Å²) >= 11 is 0. The maximum atomic E-state index is 11.4. The van der Waals surface area contributed by atoms with Gasteiger partial charge in [0, 0.05) is 28.5 Å². The number of nitrogens with two attached hydrogens (primary N) is 1. The van der Waals surface area contributed by atoms with Crippen LogP contribution in [0.4, 0.5) is 0 Å². The molecule has 4 aromatic rings. The molecule has 2 aromatic heterocycles. The zero-order chi connectivity index (χ0) is 20.5. The highest BCUT2D eigenvalue weighted by Gasteiger charge is 2.22. The Morgan fingerprint density at radius 1 is 1.03 bits per heavy atom. The van der Waals surface area contributed by atoms with E-state index in [0.29, 0.717) is 18.0 Å². The summed E-state index contributed by atoms with van der Waals surface area (Å²) in [5.74, 6) is 0.991. The van der Waals surface area contributed by atoms with Crippen LogP contribution in [0.3, 0.4) is 0 Å². The van der Waals surface area contributed by atoms with Crippen molar-refractivity contribution in [3.63, 3.8) is 0 Å². The quantitative estimate of drug-likeness (QED) is 0.545. The first kappa shape index (κ1) is 18.1. The third-order valence-corrected chi connectivity index (χ3v) is 5.00. The molecule has 0 radical (unpaired) electrons. The number of rotatable bonds is 4. The number of aromatic amines is 1. The molecule has 7 heteroatoms. The normalized spacial score (nSPS) is 12.8. The fourth-order valence-electron chi connectivity index (χ4n) is 3.51. The largest absolute Gasteiger partial charge is 0.467 e. The number of nitrogens with one attached hydrogen (secondary N) is 1. The number of imidazole rings is 1. The molecule has 30 heavy (non-hydrogen) atoms. The van der Waals surface area contributed by atoms with Crippen LogP contribution in [0.25, 0.3) is 34.0 Å². The maximum Gasteiger partial charge on any atom is 0.248 e. The fraction of sp³-hybridized carbons (Fsp3) is 0.0870. The van der Waals surface area contributed by atoms with Crippen LogP contribution in [0.15, 0.2) is 66.9 Å². The number of nitrogens with zero attached hydrogens (tertiary/aromatic N) is 2. The van der Waals surface area contributed by atoms with Gasteiger partial charge in [-0.1, -0.05) is 30.3 Å². The summed E-state index contributed by atoms with van der Waals surface area (Å²) in [6.07, 6.45) is 1.74. The van der Waals surface area contributed by atoms with Gasteiger partial charge in [0.1, 0.15) is 11.6 Å². The van der Waals surface area contributed by atoms with E-state index in [1.807, 2.05) is 48.5 Å². The van der Waals surface area contributed by atoms with E-state index in [0.717, 1.165) is 39.5 Å². The number of hydrogen-bond acceptors (Lipinski definition) is 5. The van der Waals surface area contributed by atoms with Crippen LogP contribution in [-0.4, -0.2) is 27.7 Å². The van der Waals surface area contributed by atoms with Crippen LogP contribution in [-0.2, 0) is 11.3 Å². The van der Waals surface area contributed by atoms with E-state index >= 15 is 0 Å². The Hall–Kier alpha value is -3.97. The van der Waals surface area contributed by atoms with Crippen molar-refractivity contribution in [2.24, 2.45) is 5.73 Å². The molecule has 0 fully saturated rings.